The fourth-order valence-electron chi connectivity index (χ4n) is 3.26. The summed E-state index contributed by atoms with van der Waals surface area (Å²) in [6, 6.07) is 6.67. The zero-order chi connectivity index (χ0) is 18.0. The van der Waals surface area contributed by atoms with Crippen molar-refractivity contribution in [1.82, 2.24) is 15.1 Å². The van der Waals surface area contributed by atoms with Crippen molar-refractivity contribution < 1.29 is 19.2 Å². The maximum Gasteiger partial charge on any atom is 0.325 e. The maximum atomic E-state index is 12.3. The van der Waals surface area contributed by atoms with Crippen LogP contribution in [0.1, 0.15) is 22.3 Å². The van der Waals surface area contributed by atoms with Gasteiger partial charge in [0.15, 0.2) is 0 Å². The lowest BCUT2D eigenvalue weighted by Crippen LogP contribution is -2.42. The summed E-state index contributed by atoms with van der Waals surface area (Å²) in [5, 5.41) is 2.40. The van der Waals surface area contributed by atoms with E-state index in [-0.39, 0.29) is 30.8 Å². The molecule has 0 spiro atoms. The first kappa shape index (κ1) is 16.9. The molecule has 5 amide bonds. The lowest BCUT2D eigenvalue weighted by atomic mass is 9.97. The summed E-state index contributed by atoms with van der Waals surface area (Å²) >= 11 is 0. The minimum atomic E-state index is -0.516. The number of carbonyl (C=O) groups excluding carboxylic acids is 4. The van der Waals surface area contributed by atoms with Crippen molar-refractivity contribution in [2.45, 2.75) is 12.8 Å². The van der Waals surface area contributed by atoms with Crippen LogP contribution in [-0.2, 0) is 16.0 Å². The summed E-state index contributed by atoms with van der Waals surface area (Å²) in [6.07, 6.45) is 1.58. The number of carbonyl (C=O) groups is 4. The van der Waals surface area contributed by atoms with Gasteiger partial charge in [0.1, 0.15) is 6.54 Å². The Morgan fingerprint density at radius 1 is 1.28 bits per heavy atom. The minimum Gasteiger partial charge on any atom is -0.366 e. The lowest BCUT2D eigenvalue weighted by Gasteiger charge is -2.19. The number of urea groups is 1. The molecule has 1 atom stereocenters. The third kappa shape index (κ3) is 3.78. The van der Waals surface area contributed by atoms with Gasteiger partial charge in [-0.3, -0.25) is 19.3 Å². The van der Waals surface area contributed by atoms with E-state index in [0.29, 0.717) is 18.7 Å². The Labute approximate surface area is 144 Å². The van der Waals surface area contributed by atoms with Crippen LogP contribution in [0.3, 0.4) is 0 Å². The highest BCUT2D eigenvalue weighted by atomic mass is 16.2. The highest BCUT2D eigenvalue weighted by Crippen LogP contribution is 2.22. The van der Waals surface area contributed by atoms with Crippen molar-refractivity contribution >= 4 is 23.8 Å². The van der Waals surface area contributed by atoms with E-state index in [1.165, 1.54) is 0 Å². The highest BCUT2D eigenvalue weighted by Gasteiger charge is 2.33. The molecule has 0 aromatic heterocycles. The Balaban J connectivity index is 1.55. The highest BCUT2D eigenvalue weighted by molar-refractivity contribution is 6.04. The predicted octanol–water partition coefficient (Wildman–Crippen LogP) is -0.272. The molecule has 0 saturated carbocycles. The second-order valence-corrected chi connectivity index (χ2v) is 6.40. The number of hydrogen-bond acceptors (Lipinski definition) is 4. The van der Waals surface area contributed by atoms with Gasteiger partial charge in [-0.15, -0.1) is 0 Å². The second kappa shape index (κ2) is 6.92. The average Bonchev–Trinajstić information content (AvgIpc) is 3.17. The van der Waals surface area contributed by atoms with Crippen molar-refractivity contribution in [3.05, 3.63) is 35.4 Å². The molecule has 0 aliphatic carbocycles. The zero-order valence-corrected chi connectivity index (χ0v) is 13.7. The van der Waals surface area contributed by atoms with Crippen LogP contribution in [-0.4, -0.2) is 59.7 Å². The Hall–Kier alpha value is -2.90. The fraction of sp³-hybridized carbons (Fsp3) is 0.412. The molecule has 3 N–H and O–H groups in total. The van der Waals surface area contributed by atoms with Crippen molar-refractivity contribution in [2.24, 2.45) is 11.7 Å². The molecule has 3 rings (SSSR count). The third-order valence-electron chi connectivity index (χ3n) is 4.60. The van der Waals surface area contributed by atoms with Crippen molar-refractivity contribution in [1.29, 1.82) is 0 Å². The smallest absolute Gasteiger partial charge is 0.325 e. The van der Waals surface area contributed by atoms with Crippen LogP contribution >= 0.6 is 0 Å². The summed E-state index contributed by atoms with van der Waals surface area (Å²) in [5.41, 5.74) is 6.77. The molecule has 25 heavy (non-hydrogen) atoms. The summed E-state index contributed by atoms with van der Waals surface area (Å²) in [4.78, 5) is 49.3. The number of benzene rings is 1. The number of amides is 5. The van der Waals surface area contributed by atoms with Crippen LogP contribution in [0.5, 0.6) is 0 Å². The lowest BCUT2D eigenvalue weighted by molar-refractivity contribution is -0.135. The summed E-state index contributed by atoms with van der Waals surface area (Å²) in [5.74, 6) is -0.787. The third-order valence-corrected chi connectivity index (χ3v) is 4.60. The van der Waals surface area contributed by atoms with Crippen molar-refractivity contribution in [3.8, 4) is 0 Å². The first-order chi connectivity index (χ1) is 11.9. The van der Waals surface area contributed by atoms with Crippen molar-refractivity contribution in [3.63, 3.8) is 0 Å². The number of imide groups is 1. The van der Waals surface area contributed by atoms with E-state index in [0.717, 1.165) is 23.3 Å². The Morgan fingerprint density at radius 3 is 2.76 bits per heavy atom. The average molecular weight is 344 g/mol. The molecule has 2 fully saturated rings. The molecule has 2 aliphatic rings. The van der Waals surface area contributed by atoms with E-state index in [2.05, 4.69) is 5.32 Å². The SMILES string of the molecule is NC(=O)c1cccc(C[C@H]2CCN(C(=O)CN3C(=O)CNC3=O)C2)c1. The quantitative estimate of drug-likeness (QED) is 0.716. The molecule has 8 heteroatoms. The number of primary amides is 1. The normalized spacial score (nSPS) is 20.1. The molecule has 2 saturated heterocycles. The summed E-state index contributed by atoms with van der Waals surface area (Å²) in [6.45, 7) is 0.908. The minimum absolute atomic E-state index is 0.0507. The van der Waals surface area contributed by atoms with Gasteiger partial charge in [0.25, 0.3) is 5.91 Å². The first-order valence-corrected chi connectivity index (χ1v) is 8.19. The molecule has 132 valence electrons. The molecule has 8 nitrogen and oxygen atoms in total. The Kier molecular flexibility index (Phi) is 4.69. The number of nitrogens with two attached hydrogens (primary N) is 1. The number of nitrogens with one attached hydrogen (secondary N) is 1. The summed E-state index contributed by atoms with van der Waals surface area (Å²) < 4.78 is 0. The van der Waals surface area contributed by atoms with Crippen LogP contribution in [0.2, 0.25) is 0 Å². The van der Waals surface area contributed by atoms with Gasteiger partial charge in [-0.05, 0) is 36.5 Å². The molecule has 2 heterocycles. The van der Waals surface area contributed by atoms with Crippen LogP contribution in [0.4, 0.5) is 4.79 Å². The number of nitrogens with zero attached hydrogens (tertiary/aromatic N) is 2. The molecule has 1 aromatic rings. The predicted molar refractivity (Wildman–Crippen MR) is 88.5 cm³/mol. The van der Waals surface area contributed by atoms with Gasteiger partial charge < -0.3 is 16.0 Å². The van der Waals surface area contributed by atoms with E-state index >= 15 is 0 Å². The topological polar surface area (TPSA) is 113 Å². The monoisotopic (exact) mass is 344 g/mol. The molecular formula is C17H20N4O4. The van der Waals surface area contributed by atoms with Gasteiger partial charge in [0.05, 0.1) is 6.54 Å². The van der Waals surface area contributed by atoms with Gasteiger partial charge in [0, 0.05) is 18.7 Å². The Morgan fingerprint density at radius 2 is 2.08 bits per heavy atom. The molecule has 0 bridgehead atoms. The van der Waals surface area contributed by atoms with Gasteiger partial charge in [-0.25, -0.2) is 4.79 Å². The number of rotatable bonds is 5. The van der Waals surface area contributed by atoms with Crippen LogP contribution in [0.25, 0.3) is 0 Å². The van der Waals surface area contributed by atoms with Crippen LogP contribution in [0, 0.1) is 5.92 Å². The number of hydrogen-bond donors (Lipinski definition) is 2. The van der Waals surface area contributed by atoms with Crippen LogP contribution in [0.15, 0.2) is 24.3 Å². The number of likely N-dealkylation sites (tertiary alicyclic amines) is 1. The largest absolute Gasteiger partial charge is 0.366 e. The molecular weight excluding hydrogens is 324 g/mol. The summed E-state index contributed by atoms with van der Waals surface area (Å²) in [7, 11) is 0. The van der Waals surface area contributed by atoms with E-state index in [1.807, 2.05) is 6.07 Å². The maximum absolute atomic E-state index is 12.3. The molecule has 1 aromatic carbocycles. The first-order valence-electron chi connectivity index (χ1n) is 8.19. The second-order valence-electron chi connectivity index (χ2n) is 6.40. The standard InChI is InChI=1S/C17H20N4O4/c18-16(24)13-3-1-2-11(7-13)6-12-4-5-20(9-12)15(23)10-21-14(22)8-19-17(21)25/h1-3,7,12H,4-6,8-10H2,(H2,18,24)(H,19,25)/t12-/m1/s1. The Bertz CT molecular complexity index is 717. The van der Waals surface area contributed by atoms with Gasteiger partial charge in [0.2, 0.25) is 11.8 Å². The van der Waals surface area contributed by atoms with Gasteiger partial charge >= 0.3 is 6.03 Å². The van der Waals surface area contributed by atoms with E-state index < -0.39 is 11.9 Å². The molecule has 0 radical (unpaired) electrons. The van der Waals surface area contributed by atoms with E-state index in [4.69, 9.17) is 5.73 Å². The molecule has 0 unspecified atom stereocenters. The molecule has 2 aliphatic heterocycles. The zero-order valence-electron chi connectivity index (χ0n) is 13.7. The van der Waals surface area contributed by atoms with E-state index in [1.54, 1.807) is 23.1 Å². The van der Waals surface area contributed by atoms with E-state index in [9.17, 15) is 19.2 Å². The van der Waals surface area contributed by atoms with Gasteiger partial charge in [-0.2, -0.15) is 0 Å². The van der Waals surface area contributed by atoms with Crippen molar-refractivity contribution in [2.75, 3.05) is 26.2 Å². The van der Waals surface area contributed by atoms with Gasteiger partial charge in [-0.1, -0.05) is 12.1 Å². The fourth-order valence-corrected chi connectivity index (χ4v) is 3.26. The van der Waals surface area contributed by atoms with Crippen LogP contribution < -0.4 is 11.1 Å².